The molecule has 0 radical (unpaired) electrons. The minimum Gasteiger partial charge on any atom is -0.384 e. The number of carbonyl (C=O) groups is 1. The van der Waals surface area contributed by atoms with Gasteiger partial charge in [-0.1, -0.05) is 0 Å². The fourth-order valence-electron chi connectivity index (χ4n) is 1.49. The maximum atomic E-state index is 11.8. The van der Waals surface area contributed by atoms with Crippen molar-refractivity contribution in [1.82, 2.24) is 20.3 Å². The molecule has 0 saturated carbocycles. The van der Waals surface area contributed by atoms with E-state index in [1.165, 1.54) is 0 Å². The van der Waals surface area contributed by atoms with Crippen LogP contribution in [0, 0.1) is 0 Å². The Balaban J connectivity index is 1.92. The monoisotopic (exact) mass is 245 g/mol. The maximum Gasteiger partial charge on any atom is 0.270 e. The van der Waals surface area contributed by atoms with E-state index in [2.05, 4.69) is 25.6 Å². The number of nitrogens with one attached hydrogen (secondary N) is 3. The van der Waals surface area contributed by atoms with Crippen molar-refractivity contribution in [1.29, 1.82) is 0 Å². The van der Waals surface area contributed by atoms with Gasteiger partial charge in [0.2, 0.25) is 0 Å². The number of hydrogen-bond donors (Lipinski definition) is 3. The van der Waals surface area contributed by atoms with Crippen LogP contribution in [0.2, 0.25) is 0 Å². The molecule has 18 heavy (non-hydrogen) atoms. The quantitative estimate of drug-likeness (QED) is 0.738. The zero-order valence-corrected chi connectivity index (χ0v) is 10.1. The Morgan fingerprint density at radius 1 is 1.39 bits per heavy atom. The van der Waals surface area contributed by atoms with Crippen LogP contribution in [0.4, 0.5) is 5.69 Å². The molecule has 0 aliphatic rings. The number of nitrogens with zero attached hydrogens (tertiary/aromatic N) is 2. The molecule has 0 aliphatic carbocycles. The lowest BCUT2D eigenvalue weighted by Gasteiger charge is -2.05. The molecule has 0 saturated heterocycles. The summed E-state index contributed by atoms with van der Waals surface area (Å²) in [6, 6.07) is 3.52. The molecule has 0 spiro atoms. The minimum atomic E-state index is -0.213. The molecule has 2 aromatic heterocycles. The van der Waals surface area contributed by atoms with E-state index in [1.807, 2.05) is 13.0 Å². The van der Waals surface area contributed by atoms with Gasteiger partial charge in [-0.2, -0.15) is 0 Å². The first-order valence-electron chi connectivity index (χ1n) is 5.76. The number of carbonyl (C=O) groups excluding carboxylic acids is 1. The highest BCUT2D eigenvalue weighted by Gasteiger charge is 2.07. The third kappa shape index (κ3) is 3.07. The Bertz CT molecular complexity index is 492. The molecule has 2 aromatic rings. The molecular weight excluding hydrogens is 230 g/mol. The summed E-state index contributed by atoms with van der Waals surface area (Å²) in [5, 5.41) is 5.86. The number of imidazole rings is 1. The van der Waals surface area contributed by atoms with Crippen LogP contribution in [0.1, 0.15) is 23.2 Å². The van der Waals surface area contributed by atoms with Gasteiger partial charge in [-0.15, -0.1) is 0 Å². The van der Waals surface area contributed by atoms with E-state index >= 15 is 0 Å². The smallest absolute Gasteiger partial charge is 0.270 e. The zero-order chi connectivity index (χ0) is 12.8. The number of aromatic nitrogens is 3. The molecule has 3 N–H and O–H groups in total. The van der Waals surface area contributed by atoms with Crippen molar-refractivity contribution in [2.24, 2.45) is 0 Å². The summed E-state index contributed by atoms with van der Waals surface area (Å²) in [5.41, 5.74) is 1.29. The Morgan fingerprint density at radius 2 is 2.28 bits per heavy atom. The molecule has 0 aliphatic heterocycles. The third-order valence-electron chi connectivity index (χ3n) is 2.35. The Morgan fingerprint density at radius 3 is 2.89 bits per heavy atom. The van der Waals surface area contributed by atoms with Crippen molar-refractivity contribution in [3.8, 4) is 0 Å². The van der Waals surface area contributed by atoms with Crippen molar-refractivity contribution in [2.75, 3.05) is 11.9 Å². The second-order valence-corrected chi connectivity index (χ2v) is 3.68. The summed E-state index contributed by atoms with van der Waals surface area (Å²) in [5.74, 6) is 0.502. The first kappa shape index (κ1) is 12.1. The second-order valence-electron chi connectivity index (χ2n) is 3.68. The fraction of sp³-hybridized carbons (Fsp3) is 0.250. The van der Waals surface area contributed by atoms with Gasteiger partial charge in [0.05, 0.1) is 18.4 Å². The van der Waals surface area contributed by atoms with Gasteiger partial charge in [0.15, 0.2) is 0 Å². The van der Waals surface area contributed by atoms with Crippen LogP contribution in [0.5, 0.6) is 0 Å². The Kier molecular flexibility index (Phi) is 3.90. The van der Waals surface area contributed by atoms with Gasteiger partial charge in [0.1, 0.15) is 11.5 Å². The van der Waals surface area contributed by atoms with E-state index in [-0.39, 0.29) is 5.91 Å². The van der Waals surface area contributed by atoms with E-state index in [4.69, 9.17) is 0 Å². The average molecular weight is 245 g/mol. The predicted molar refractivity (Wildman–Crippen MR) is 68.2 cm³/mol. The predicted octanol–water partition coefficient (Wildman–Crippen LogP) is 1.17. The van der Waals surface area contributed by atoms with E-state index in [0.29, 0.717) is 18.1 Å². The van der Waals surface area contributed by atoms with Crippen molar-refractivity contribution in [2.45, 2.75) is 13.5 Å². The van der Waals surface area contributed by atoms with Crippen molar-refractivity contribution in [3.05, 3.63) is 42.2 Å². The molecule has 2 heterocycles. The summed E-state index contributed by atoms with van der Waals surface area (Å²) in [4.78, 5) is 22.8. The SMILES string of the molecule is CCNc1ccc(C(=O)NCc2ncc[nH]2)nc1. The van der Waals surface area contributed by atoms with Gasteiger partial charge >= 0.3 is 0 Å². The Labute approximate surface area is 105 Å². The molecule has 1 amide bonds. The zero-order valence-electron chi connectivity index (χ0n) is 10.1. The largest absolute Gasteiger partial charge is 0.384 e. The number of anilines is 1. The number of pyridine rings is 1. The number of H-pyrrole nitrogens is 1. The average Bonchev–Trinajstić information content (AvgIpc) is 2.90. The van der Waals surface area contributed by atoms with Crippen LogP contribution in [0.3, 0.4) is 0 Å². The molecule has 0 aromatic carbocycles. The van der Waals surface area contributed by atoms with Crippen LogP contribution in [-0.4, -0.2) is 27.4 Å². The molecule has 0 fully saturated rings. The van der Waals surface area contributed by atoms with Gasteiger partial charge in [-0.3, -0.25) is 4.79 Å². The van der Waals surface area contributed by atoms with Crippen molar-refractivity contribution in [3.63, 3.8) is 0 Å². The summed E-state index contributed by atoms with van der Waals surface area (Å²) >= 11 is 0. The van der Waals surface area contributed by atoms with E-state index < -0.39 is 0 Å². The summed E-state index contributed by atoms with van der Waals surface area (Å²) in [6.07, 6.45) is 5.00. The Hall–Kier alpha value is -2.37. The lowest BCUT2D eigenvalue weighted by atomic mass is 10.3. The molecule has 6 heteroatoms. The first-order valence-corrected chi connectivity index (χ1v) is 5.76. The molecule has 0 atom stereocenters. The van der Waals surface area contributed by atoms with E-state index in [9.17, 15) is 4.79 Å². The third-order valence-corrected chi connectivity index (χ3v) is 2.35. The molecular formula is C12H15N5O. The number of amides is 1. The number of hydrogen-bond acceptors (Lipinski definition) is 4. The minimum absolute atomic E-state index is 0.213. The topological polar surface area (TPSA) is 82.7 Å². The first-order chi connectivity index (χ1) is 8.79. The lowest BCUT2D eigenvalue weighted by Crippen LogP contribution is -2.24. The summed E-state index contributed by atoms with van der Waals surface area (Å²) in [7, 11) is 0. The number of rotatable bonds is 5. The highest BCUT2D eigenvalue weighted by Crippen LogP contribution is 2.05. The van der Waals surface area contributed by atoms with Crippen molar-refractivity contribution >= 4 is 11.6 Å². The molecule has 0 bridgehead atoms. The van der Waals surface area contributed by atoms with Crippen LogP contribution in [0.15, 0.2) is 30.7 Å². The fourth-order valence-corrected chi connectivity index (χ4v) is 1.49. The van der Waals surface area contributed by atoms with Gasteiger partial charge in [0.25, 0.3) is 5.91 Å². The second kappa shape index (κ2) is 5.81. The van der Waals surface area contributed by atoms with Crippen LogP contribution >= 0.6 is 0 Å². The molecule has 0 unspecified atom stereocenters. The molecule has 94 valence electrons. The number of aromatic amines is 1. The van der Waals surface area contributed by atoms with Crippen LogP contribution in [0.25, 0.3) is 0 Å². The maximum absolute atomic E-state index is 11.8. The van der Waals surface area contributed by atoms with Gasteiger partial charge in [-0.25, -0.2) is 9.97 Å². The van der Waals surface area contributed by atoms with Crippen LogP contribution in [-0.2, 0) is 6.54 Å². The molecule has 6 nitrogen and oxygen atoms in total. The van der Waals surface area contributed by atoms with E-state index in [0.717, 1.165) is 12.2 Å². The van der Waals surface area contributed by atoms with Crippen molar-refractivity contribution < 1.29 is 4.79 Å². The van der Waals surface area contributed by atoms with Crippen LogP contribution < -0.4 is 10.6 Å². The normalized spacial score (nSPS) is 10.1. The summed E-state index contributed by atoms with van der Waals surface area (Å²) < 4.78 is 0. The van der Waals surface area contributed by atoms with Gasteiger partial charge in [-0.05, 0) is 19.1 Å². The van der Waals surface area contributed by atoms with Gasteiger partial charge < -0.3 is 15.6 Å². The molecule has 2 rings (SSSR count). The highest BCUT2D eigenvalue weighted by atomic mass is 16.1. The lowest BCUT2D eigenvalue weighted by molar-refractivity contribution is 0.0945. The standard InChI is InChI=1S/C12H15N5O/c1-2-13-9-3-4-10(16-7-9)12(18)17-8-11-14-5-6-15-11/h3-7,13H,2,8H2,1H3,(H,14,15)(H,17,18). The van der Waals surface area contributed by atoms with Gasteiger partial charge in [0, 0.05) is 18.9 Å². The van der Waals surface area contributed by atoms with E-state index in [1.54, 1.807) is 24.7 Å². The highest BCUT2D eigenvalue weighted by molar-refractivity contribution is 5.92. The summed E-state index contributed by atoms with van der Waals surface area (Å²) in [6.45, 7) is 3.19.